The molecule has 0 fully saturated rings. The SMILES string of the molecule is CCc1nc(Nc2cccc(C#N)c2)sc1C. The standard InChI is InChI=1S/C13H13N3S/c1-3-12-9(2)17-13(16-12)15-11-6-4-5-10(7-11)8-14/h4-7H,3H2,1-2H3,(H,15,16). The lowest BCUT2D eigenvalue weighted by Crippen LogP contribution is -1.90. The van der Waals surface area contributed by atoms with Crippen LogP contribution >= 0.6 is 11.3 Å². The Bertz CT molecular complexity index is 566. The van der Waals surface area contributed by atoms with Gasteiger partial charge in [0.25, 0.3) is 0 Å². The number of anilines is 2. The van der Waals surface area contributed by atoms with Gasteiger partial charge >= 0.3 is 0 Å². The quantitative estimate of drug-likeness (QED) is 0.895. The van der Waals surface area contributed by atoms with Crippen molar-refractivity contribution in [3.05, 3.63) is 40.4 Å². The van der Waals surface area contributed by atoms with E-state index in [-0.39, 0.29) is 0 Å². The predicted molar refractivity (Wildman–Crippen MR) is 70.7 cm³/mol. The van der Waals surface area contributed by atoms with E-state index in [9.17, 15) is 0 Å². The van der Waals surface area contributed by atoms with Crippen LogP contribution in [0.25, 0.3) is 0 Å². The minimum Gasteiger partial charge on any atom is -0.331 e. The van der Waals surface area contributed by atoms with Crippen LogP contribution in [0.15, 0.2) is 24.3 Å². The van der Waals surface area contributed by atoms with E-state index in [1.54, 1.807) is 17.4 Å². The molecule has 3 nitrogen and oxygen atoms in total. The van der Waals surface area contributed by atoms with Gasteiger partial charge in [-0.2, -0.15) is 5.26 Å². The van der Waals surface area contributed by atoms with Gasteiger partial charge in [0.1, 0.15) is 0 Å². The summed E-state index contributed by atoms with van der Waals surface area (Å²) >= 11 is 1.64. The van der Waals surface area contributed by atoms with Crippen molar-refractivity contribution < 1.29 is 0 Å². The van der Waals surface area contributed by atoms with E-state index < -0.39 is 0 Å². The van der Waals surface area contributed by atoms with Crippen molar-refractivity contribution >= 4 is 22.2 Å². The molecule has 1 aromatic carbocycles. The number of nitriles is 1. The van der Waals surface area contributed by atoms with Gasteiger partial charge in [-0.05, 0) is 31.5 Å². The molecule has 1 aromatic heterocycles. The normalized spacial score (nSPS) is 9.94. The monoisotopic (exact) mass is 243 g/mol. The van der Waals surface area contributed by atoms with Gasteiger partial charge in [-0.3, -0.25) is 0 Å². The molecule has 0 unspecified atom stereocenters. The summed E-state index contributed by atoms with van der Waals surface area (Å²) < 4.78 is 0. The number of benzene rings is 1. The molecule has 2 rings (SSSR count). The highest BCUT2D eigenvalue weighted by atomic mass is 32.1. The number of hydrogen-bond donors (Lipinski definition) is 1. The van der Waals surface area contributed by atoms with Crippen LogP contribution in [-0.2, 0) is 6.42 Å². The third-order valence-corrected chi connectivity index (χ3v) is 3.40. The minimum atomic E-state index is 0.652. The summed E-state index contributed by atoms with van der Waals surface area (Å²) in [7, 11) is 0. The van der Waals surface area contributed by atoms with Gasteiger partial charge in [0.2, 0.25) is 0 Å². The second-order valence-corrected chi connectivity index (χ2v) is 4.90. The van der Waals surface area contributed by atoms with Crippen LogP contribution in [0.3, 0.4) is 0 Å². The van der Waals surface area contributed by atoms with Crippen LogP contribution in [0.1, 0.15) is 23.1 Å². The Kier molecular flexibility index (Phi) is 3.40. The first-order valence-electron chi connectivity index (χ1n) is 5.46. The zero-order chi connectivity index (χ0) is 12.3. The van der Waals surface area contributed by atoms with Crippen molar-refractivity contribution in [3.8, 4) is 6.07 Å². The summed E-state index contributed by atoms with van der Waals surface area (Å²) in [5, 5.41) is 12.9. The van der Waals surface area contributed by atoms with Gasteiger partial charge in [-0.15, -0.1) is 11.3 Å². The second kappa shape index (κ2) is 4.98. The van der Waals surface area contributed by atoms with E-state index >= 15 is 0 Å². The maximum Gasteiger partial charge on any atom is 0.187 e. The summed E-state index contributed by atoms with van der Waals surface area (Å²) in [6.45, 7) is 4.18. The first-order chi connectivity index (χ1) is 8.22. The van der Waals surface area contributed by atoms with Crippen molar-refractivity contribution in [1.82, 2.24) is 4.98 Å². The van der Waals surface area contributed by atoms with Crippen molar-refractivity contribution in [2.24, 2.45) is 0 Å². The lowest BCUT2D eigenvalue weighted by molar-refractivity contribution is 1.05. The van der Waals surface area contributed by atoms with E-state index in [1.807, 2.05) is 18.2 Å². The minimum absolute atomic E-state index is 0.652. The topological polar surface area (TPSA) is 48.7 Å². The molecule has 17 heavy (non-hydrogen) atoms. The molecule has 0 bridgehead atoms. The maximum absolute atomic E-state index is 8.82. The molecule has 1 heterocycles. The fourth-order valence-corrected chi connectivity index (χ4v) is 2.52. The van der Waals surface area contributed by atoms with Crippen LogP contribution in [-0.4, -0.2) is 4.98 Å². The Labute approximate surface area is 105 Å². The Morgan fingerprint density at radius 3 is 2.94 bits per heavy atom. The first-order valence-corrected chi connectivity index (χ1v) is 6.28. The molecule has 86 valence electrons. The number of rotatable bonds is 3. The molecule has 0 aliphatic heterocycles. The predicted octanol–water partition coefficient (Wildman–Crippen LogP) is 3.63. The summed E-state index contributed by atoms with van der Waals surface area (Å²) in [6, 6.07) is 9.53. The number of aromatic nitrogens is 1. The fourth-order valence-electron chi connectivity index (χ4n) is 1.60. The highest BCUT2D eigenvalue weighted by molar-refractivity contribution is 7.15. The third-order valence-electron chi connectivity index (χ3n) is 2.47. The Morgan fingerprint density at radius 2 is 2.29 bits per heavy atom. The molecule has 0 aliphatic carbocycles. The van der Waals surface area contributed by atoms with E-state index in [4.69, 9.17) is 5.26 Å². The van der Waals surface area contributed by atoms with Crippen molar-refractivity contribution in [2.45, 2.75) is 20.3 Å². The number of nitrogens with one attached hydrogen (secondary N) is 1. The summed E-state index contributed by atoms with van der Waals surface area (Å²) in [5.74, 6) is 0. The average Bonchev–Trinajstić information content (AvgIpc) is 2.69. The number of nitrogens with zero attached hydrogens (tertiary/aromatic N) is 2. The molecule has 0 spiro atoms. The van der Waals surface area contributed by atoms with E-state index in [0.717, 1.165) is 22.9 Å². The van der Waals surface area contributed by atoms with Gasteiger partial charge in [-0.1, -0.05) is 13.0 Å². The van der Waals surface area contributed by atoms with Crippen molar-refractivity contribution in [2.75, 3.05) is 5.32 Å². The second-order valence-electron chi connectivity index (χ2n) is 3.69. The highest BCUT2D eigenvalue weighted by Crippen LogP contribution is 2.25. The summed E-state index contributed by atoms with van der Waals surface area (Å²) in [4.78, 5) is 5.75. The molecule has 0 radical (unpaired) electrons. The fraction of sp³-hybridized carbons (Fsp3) is 0.231. The van der Waals surface area contributed by atoms with Crippen LogP contribution in [0, 0.1) is 18.3 Å². The summed E-state index contributed by atoms with van der Waals surface area (Å²) in [6.07, 6.45) is 0.947. The average molecular weight is 243 g/mol. The lowest BCUT2D eigenvalue weighted by atomic mass is 10.2. The van der Waals surface area contributed by atoms with Gasteiger partial charge in [-0.25, -0.2) is 4.98 Å². The lowest BCUT2D eigenvalue weighted by Gasteiger charge is -2.01. The molecule has 1 N–H and O–H groups in total. The third kappa shape index (κ3) is 2.63. The molecule has 4 heteroatoms. The van der Waals surface area contributed by atoms with Crippen molar-refractivity contribution in [3.63, 3.8) is 0 Å². The smallest absolute Gasteiger partial charge is 0.187 e. The molecule has 2 aromatic rings. The number of hydrogen-bond acceptors (Lipinski definition) is 4. The maximum atomic E-state index is 8.82. The van der Waals surface area contributed by atoms with Crippen LogP contribution in [0.4, 0.5) is 10.8 Å². The number of aryl methyl sites for hydroxylation is 2. The van der Waals surface area contributed by atoms with Crippen LogP contribution in [0.5, 0.6) is 0 Å². The number of thiazole rings is 1. The Morgan fingerprint density at radius 1 is 1.47 bits per heavy atom. The molecule has 0 saturated carbocycles. The molecule has 0 atom stereocenters. The highest BCUT2D eigenvalue weighted by Gasteiger charge is 2.05. The van der Waals surface area contributed by atoms with Crippen LogP contribution in [0.2, 0.25) is 0 Å². The molecule has 0 aliphatic rings. The zero-order valence-corrected chi connectivity index (χ0v) is 10.6. The van der Waals surface area contributed by atoms with Crippen LogP contribution < -0.4 is 5.32 Å². The molecule has 0 saturated heterocycles. The van der Waals surface area contributed by atoms with Gasteiger partial charge in [0.15, 0.2) is 5.13 Å². The zero-order valence-electron chi connectivity index (χ0n) is 9.82. The van der Waals surface area contributed by atoms with Crippen molar-refractivity contribution in [1.29, 1.82) is 5.26 Å². The van der Waals surface area contributed by atoms with E-state index in [1.165, 1.54) is 4.88 Å². The van der Waals surface area contributed by atoms with E-state index in [0.29, 0.717) is 5.56 Å². The Balaban J connectivity index is 2.22. The molecular formula is C13H13N3S. The Hall–Kier alpha value is -1.86. The van der Waals surface area contributed by atoms with Gasteiger partial charge in [0, 0.05) is 10.6 Å². The molecular weight excluding hydrogens is 230 g/mol. The summed E-state index contributed by atoms with van der Waals surface area (Å²) in [5.41, 5.74) is 2.69. The van der Waals surface area contributed by atoms with Gasteiger partial charge in [0.05, 0.1) is 17.3 Å². The first kappa shape index (κ1) is 11.6. The van der Waals surface area contributed by atoms with E-state index in [2.05, 4.69) is 30.2 Å². The molecule has 0 amide bonds. The van der Waals surface area contributed by atoms with Gasteiger partial charge < -0.3 is 5.32 Å². The largest absolute Gasteiger partial charge is 0.331 e.